The third-order valence-electron chi connectivity index (χ3n) is 2.99. The van der Waals surface area contributed by atoms with Crippen LogP contribution in [0.25, 0.3) is 0 Å². The van der Waals surface area contributed by atoms with Gasteiger partial charge in [-0.3, -0.25) is 9.69 Å². The smallest absolute Gasteiger partial charge is 0.245 e. The van der Waals surface area contributed by atoms with Gasteiger partial charge >= 0.3 is 0 Å². The number of amides is 1. The summed E-state index contributed by atoms with van der Waals surface area (Å²) >= 11 is 5.09. The quantitative estimate of drug-likeness (QED) is 0.711. The lowest BCUT2D eigenvalue weighted by atomic mass is 10.2. The zero-order valence-corrected chi connectivity index (χ0v) is 12.7. The Bertz CT molecular complexity index is 596. The lowest BCUT2D eigenvalue weighted by Gasteiger charge is -2.31. The first kappa shape index (κ1) is 12.8. The van der Waals surface area contributed by atoms with Crippen molar-refractivity contribution in [3.8, 4) is 0 Å². The minimum Gasteiger partial charge on any atom is -0.278 e. The number of carbonyl (C=O) groups is 1. The molecule has 0 unspecified atom stereocenters. The molecule has 1 atom stereocenters. The van der Waals surface area contributed by atoms with Crippen molar-refractivity contribution < 1.29 is 4.79 Å². The Morgan fingerprint density at radius 2 is 1.53 bits per heavy atom. The summed E-state index contributed by atoms with van der Waals surface area (Å²) in [6.45, 7) is 1.86. The van der Waals surface area contributed by atoms with Crippen molar-refractivity contribution in [2.45, 2.75) is 21.5 Å². The average Bonchev–Trinajstić information content (AvgIpc) is 2.43. The first-order chi connectivity index (χ1) is 9.18. The lowest BCUT2D eigenvalue weighted by molar-refractivity contribution is -0.117. The highest BCUT2D eigenvalue weighted by molar-refractivity contribution is 9.10. The van der Waals surface area contributed by atoms with Crippen LogP contribution in [0.3, 0.4) is 0 Å². The standard InChI is InChI=1S/C15H12BrNOS/c1-10(16)15(18)17-11-6-2-4-8-13(11)19-14-9-5-3-7-12(14)17/h2-10H,1H3/t10-/m1/s1. The summed E-state index contributed by atoms with van der Waals surface area (Å²) in [5, 5.41) is 0. The van der Waals surface area contributed by atoms with Gasteiger partial charge in [0.1, 0.15) is 0 Å². The van der Waals surface area contributed by atoms with Gasteiger partial charge in [-0.1, -0.05) is 52.0 Å². The topological polar surface area (TPSA) is 20.3 Å². The molecule has 0 radical (unpaired) electrons. The van der Waals surface area contributed by atoms with Crippen LogP contribution in [0.2, 0.25) is 0 Å². The third-order valence-corrected chi connectivity index (χ3v) is 4.51. The molecule has 1 aliphatic heterocycles. The van der Waals surface area contributed by atoms with E-state index in [0.717, 1.165) is 21.2 Å². The molecule has 1 amide bonds. The fourth-order valence-electron chi connectivity index (χ4n) is 2.12. The SMILES string of the molecule is C[C@@H](Br)C(=O)N1c2ccccc2Sc2ccccc21. The van der Waals surface area contributed by atoms with Crippen LogP contribution in [0.1, 0.15) is 6.92 Å². The number of anilines is 2. The maximum Gasteiger partial charge on any atom is 0.245 e. The van der Waals surface area contributed by atoms with Crippen LogP contribution in [0.4, 0.5) is 11.4 Å². The minimum atomic E-state index is -0.211. The predicted octanol–water partition coefficient (Wildman–Crippen LogP) is 4.60. The van der Waals surface area contributed by atoms with Gasteiger partial charge in [-0.05, 0) is 31.2 Å². The maximum atomic E-state index is 12.5. The molecule has 2 aromatic carbocycles. The molecule has 3 rings (SSSR count). The summed E-state index contributed by atoms with van der Waals surface area (Å²) in [5.41, 5.74) is 1.92. The van der Waals surface area contributed by atoms with Crippen molar-refractivity contribution in [1.29, 1.82) is 0 Å². The van der Waals surface area contributed by atoms with E-state index in [1.807, 2.05) is 43.3 Å². The number of fused-ring (bicyclic) bond motifs is 2. The van der Waals surface area contributed by atoms with E-state index in [9.17, 15) is 4.79 Å². The van der Waals surface area contributed by atoms with Gasteiger partial charge in [0.15, 0.2) is 0 Å². The van der Waals surface area contributed by atoms with Gasteiger partial charge in [0, 0.05) is 9.79 Å². The number of hydrogen-bond acceptors (Lipinski definition) is 2. The minimum absolute atomic E-state index is 0.0557. The van der Waals surface area contributed by atoms with E-state index in [1.165, 1.54) is 0 Å². The first-order valence-electron chi connectivity index (χ1n) is 6.02. The van der Waals surface area contributed by atoms with Gasteiger partial charge < -0.3 is 0 Å². The van der Waals surface area contributed by atoms with Crippen LogP contribution >= 0.6 is 27.7 Å². The van der Waals surface area contributed by atoms with Gasteiger partial charge in [-0.2, -0.15) is 0 Å². The van der Waals surface area contributed by atoms with Crippen LogP contribution in [0.5, 0.6) is 0 Å². The van der Waals surface area contributed by atoms with E-state index >= 15 is 0 Å². The van der Waals surface area contributed by atoms with E-state index in [0.29, 0.717) is 0 Å². The molecule has 1 aliphatic rings. The van der Waals surface area contributed by atoms with Gasteiger partial charge in [-0.25, -0.2) is 0 Å². The normalized spacial score (nSPS) is 14.5. The highest BCUT2D eigenvalue weighted by Crippen LogP contribution is 2.48. The second-order valence-corrected chi connectivity index (χ2v) is 6.78. The molecule has 2 aromatic rings. The summed E-state index contributed by atoms with van der Waals surface area (Å²) in [6, 6.07) is 16.0. The highest BCUT2D eigenvalue weighted by Gasteiger charge is 2.29. The molecule has 96 valence electrons. The second-order valence-electron chi connectivity index (χ2n) is 4.33. The van der Waals surface area contributed by atoms with Crippen LogP contribution in [-0.2, 0) is 4.79 Å². The summed E-state index contributed by atoms with van der Waals surface area (Å²) in [6.07, 6.45) is 0. The summed E-state index contributed by atoms with van der Waals surface area (Å²) in [5.74, 6) is 0.0557. The Labute approximate surface area is 124 Å². The van der Waals surface area contributed by atoms with Crippen molar-refractivity contribution in [2.24, 2.45) is 0 Å². The average molecular weight is 334 g/mol. The molecule has 4 heteroatoms. The molecule has 19 heavy (non-hydrogen) atoms. The number of benzene rings is 2. The number of nitrogens with zero attached hydrogens (tertiary/aromatic N) is 1. The Balaban J connectivity index is 2.19. The van der Waals surface area contributed by atoms with Gasteiger partial charge in [0.05, 0.1) is 16.2 Å². The molecular formula is C15H12BrNOS. The number of carbonyl (C=O) groups excluding carboxylic acids is 1. The Kier molecular flexibility index (Phi) is 3.37. The van der Waals surface area contributed by atoms with Crippen molar-refractivity contribution in [2.75, 3.05) is 4.90 Å². The zero-order chi connectivity index (χ0) is 13.4. The van der Waals surface area contributed by atoms with Crippen LogP contribution in [0, 0.1) is 0 Å². The van der Waals surface area contributed by atoms with Gasteiger partial charge in [0.25, 0.3) is 0 Å². The second kappa shape index (κ2) is 5.02. The molecule has 0 spiro atoms. The van der Waals surface area contributed by atoms with Crippen LogP contribution in [0.15, 0.2) is 58.3 Å². The van der Waals surface area contributed by atoms with Crippen molar-refractivity contribution in [3.05, 3.63) is 48.5 Å². The Morgan fingerprint density at radius 1 is 1.05 bits per heavy atom. The molecule has 0 saturated heterocycles. The van der Waals surface area contributed by atoms with Gasteiger partial charge in [0.2, 0.25) is 5.91 Å². The van der Waals surface area contributed by atoms with E-state index in [-0.39, 0.29) is 10.7 Å². The lowest BCUT2D eigenvalue weighted by Crippen LogP contribution is -2.33. The van der Waals surface area contributed by atoms with E-state index in [1.54, 1.807) is 16.7 Å². The number of rotatable bonds is 1. The van der Waals surface area contributed by atoms with E-state index in [4.69, 9.17) is 0 Å². The monoisotopic (exact) mass is 333 g/mol. The van der Waals surface area contributed by atoms with Crippen LogP contribution in [-0.4, -0.2) is 10.7 Å². The van der Waals surface area contributed by atoms with Crippen molar-refractivity contribution in [1.82, 2.24) is 0 Å². The predicted molar refractivity (Wildman–Crippen MR) is 82.5 cm³/mol. The largest absolute Gasteiger partial charge is 0.278 e. The fraction of sp³-hybridized carbons (Fsp3) is 0.133. The summed E-state index contributed by atoms with van der Waals surface area (Å²) in [4.78, 5) is 16.3. The molecule has 2 nitrogen and oxygen atoms in total. The Morgan fingerprint density at radius 3 is 2.00 bits per heavy atom. The van der Waals surface area contributed by atoms with Crippen LogP contribution < -0.4 is 4.90 Å². The fourth-order valence-corrected chi connectivity index (χ4v) is 3.38. The molecule has 0 aliphatic carbocycles. The van der Waals surface area contributed by atoms with Crippen molar-refractivity contribution in [3.63, 3.8) is 0 Å². The van der Waals surface area contributed by atoms with Gasteiger partial charge in [-0.15, -0.1) is 0 Å². The molecule has 0 fully saturated rings. The number of halogens is 1. The van der Waals surface area contributed by atoms with Crippen molar-refractivity contribution >= 4 is 45.0 Å². The molecule has 1 heterocycles. The molecule has 0 bridgehead atoms. The third kappa shape index (κ3) is 2.19. The summed E-state index contributed by atoms with van der Waals surface area (Å²) in [7, 11) is 0. The maximum absolute atomic E-state index is 12.5. The van der Waals surface area contributed by atoms with E-state index in [2.05, 4.69) is 28.1 Å². The first-order valence-corrected chi connectivity index (χ1v) is 7.75. The molecule has 0 saturated carbocycles. The molecular weight excluding hydrogens is 322 g/mol. The highest BCUT2D eigenvalue weighted by atomic mass is 79.9. The zero-order valence-electron chi connectivity index (χ0n) is 10.3. The number of para-hydroxylation sites is 2. The number of alkyl halides is 1. The Hall–Kier alpha value is -1.26. The molecule has 0 aromatic heterocycles. The number of hydrogen-bond donors (Lipinski definition) is 0. The molecule has 0 N–H and O–H groups in total. The summed E-state index contributed by atoms with van der Waals surface area (Å²) < 4.78 is 0. The van der Waals surface area contributed by atoms with E-state index < -0.39 is 0 Å².